The number of carbonyl (C=O) groups excluding carboxylic acids is 1. The van der Waals surface area contributed by atoms with Crippen LogP contribution in [0.2, 0.25) is 0 Å². The number of rotatable bonds is 9. The van der Waals surface area contributed by atoms with Crippen LogP contribution in [0.25, 0.3) is 0 Å². The Labute approximate surface area is 212 Å². The van der Waals surface area contributed by atoms with Gasteiger partial charge in [0.2, 0.25) is 0 Å². The average Bonchev–Trinajstić information content (AvgIpc) is 3.26. The van der Waals surface area contributed by atoms with Gasteiger partial charge in [0.05, 0.1) is 7.11 Å². The van der Waals surface area contributed by atoms with Crippen LogP contribution in [0.3, 0.4) is 0 Å². The first-order valence-electron chi connectivity index (χ1n) is 12.5. The highest BCUT2D eigenvalue weighted by molar-refractivity contribution is 5.94. The zero-order chi connectivity index (χ0) is 25.7. The number of halogens is 2. The zero-order valence-electron chi connectivity index (χ0n) is 21.2. The van der Waals surface area contributed by atoms with Crippen molar-refractivity contribution in [2.75, 3.05) is 33.3 Å². The fraction of sp³-hybridized carbons (Fsp3) is 0.367. The Kier molecular flexibility index (Phi) is 8.36. The highest BCUT2D eigenvalue weighted by Crippen LogP contribution is 2.38. The van der Waals surface area contributed by atoms with Crippen LogP contribution in [0.5, 0.6) is 5.75 Å². The van der Waals surface area contributed by atoms with Gasteiger partial charge >= 0.3 is 0 Å². The molecule has 1 aliphatic rings. The summed E-state index contributed by atoms with van der Waals surface area (Å²) in [5.41, 5.74) is 2.68. The Morgan fingerprint density at radius 2 is 1.61 bits per heavy atom. The molecule has 4 nitrogen and oxygen atoms in total. The minimum atomic E-state index is -0.356. The van der Waals surface area contributed by atoms with Crippen LogP contribution in [-0.4, -0.2) is 49.0 Å². The molecule has 2 atom stereocenters. The molecule has 1 amide bonds. The summed E-state index contributed by atoms with van der Waals surface area (Å²) in [5, 5.41) is 0. The summed E-state index contributed by atoms with van der Waals surface area (Å²) in [6.07, 6.45) is 0. The lowest BCUT2D eigenvalue weighted by atomic mass is 9.87. The van der Waals surface area contributed by atoms with Crippen LogP contribution in [0.15, 0.2) is 72.8 Å². The first kappa shape index (κ1) is 25.8. The van der Waals surface area contributed by atoms with E-state index in [-0.39, 0.29) is 35.3 Å². The Hall–Kier alpha value is -3.25. The number of hydrogen-bond donors (Lipinski definition) is 0. The number of likely N-dealkylation sites (tertiary alicyclic amines) is 1. The van der Waals surface area contributed by atoms with Gasteiger partial charge < -0.3 is 9.64 Å². The molecule has 6 heteroatoms. The van der Waals surface area contributed by atoms with Crippen LogP contribution >= 0.6 is 0 Å². The number of methoxy groups -OCH3 is 1. The minimum absolute atomic E-state index is 0.0838. The minimum Gasteiger partial charge on any atom is -0.496 e. The summed E-state index contributed by atoms with van der Waals surface area (Å²) >= 11 is 0. The van der Waals surface area contributed by atoms with Crippen LogP contribution in [-0.2, 0) is 6.54 Å². The van der Waals surface area contributed by atoms with Crippen molar-refractivity contribution in [2.45, 2.75) is 26.3 Å². The molecule has 1 heterocycles. The molecular weight excluding hydrogens is 458 g/mol. The highest BCUT2D eigenvalue weighted by atomic mass is 19.1. The van der Waals surface area contributed by atoms with Gasteiger partial charge in [-0.05, 0) is 65.4 Å². The largest absolute Gasteiger partial charge is 0.496 e. The lowest BCUT2D eigenvalue weighted by Gasteiger charge is -2.30. The number of carbonyl (C=O) groups is 1. The molecule has 1 saturated heterocycles. The molecule has 0 N–H and O–H groups in total. The van der Waals surface area contributed by atoms with Gasteiger partial charge in [0, 0.05) is 44.2 Å². The van der Waals surface area contributed by atoms with Gasteiger partial charge in [-0.2, -0.15) is 0 Å². The summed E-state index contributed by atoms with van der Waals surface area (Å²) in [6.45, 7) is 7.70. The second-order valence-electron chi connectivity index (χ2n) is 10.0. The van der Waals surface area contributed by atoms with Crippen molar-refractivity contribution in [3.63, 3.8) is 0 Å². The number of benzene rings is 3. The van der Waals surface area contributed by atoms with E-state index < -0.39 is 0 Å². The molecule has 3 aromatic rings. The standard InChI is InChI=1S/C30H34F2N2O2/c1-21(2)16-34(30(35)23-10-14-26(32)15-11-23)19-24-18-33(17-22-8-12-25(31)13-9-22)20-28(24)27-6-4-5-7-29(27)36-3/h4-15,21,24,28H,16-20H2,1-3H3. The van der Waals surface area contributed by atoms with E-state index >= 15 is 0 Å². The molecule has 0 saturated carbocycles. The number of hydrogen-bond acceptors (Lipinski definition) is 3. The molecule has 190 valence electrons. The van der Waals surface area contributed by atoms with Gasteiger partial charge in [-0.1, -0.05) is 44.2 Å². The van der Waals surface area contributed by atoms with Crippen LogP contribution in [0.1, 0.15) is 41.3 Å². The SMILES string of the molecule is COc1ccccc1C1CN(Cc2ccc(F)cc2)CC1CN(CC(C)C)C(=O)c1ccc(F)cc1. The fourth-order valence-electron chi connectivity index (χ4n) is 5.19. The number of ether oxygens (including phenoxy) is 1. The molecule has 0 aromatic heterocycles. The molecular formula is C30H34F2N2O2. The third kappa shape index (κ3) is 6.30. The van der Waals surface area contributed by atoms with E-state index in [1.54, 1.807) is 19.2 Å². The molecule has 0 spiro atoms. The fourth-order valence-corrected chi connectivity index (χ4v) is 5.19. The maximum atomic E-state index is 13.5. The summed E-state index contributed by atoms with van der Waals surface area (Å²) < 4.78 is 32.6. The van der Waals surface area contributed by atoms with Crippen molar-refractivity contribution in [3.05, 3.63) is 101 Å². The second kappa shape index (κ2) is 11.7. The van der Waals surface area contributed by atoms with Crippen molar-refractivity contribution in [2.24, 2.45) is 11.8 Å². The Morgan fingerprint density at radius 1 is 0.972 bits per heavy atom. The number of nitrogens with zero attached hydrogens (tertiary/aromatic N) is 2. The van der Waals surface area contributed by atoms with Crippen LogP contribution in [0, 0.1) is 23.5 Å². The number of para-hydroxylation sites is 1. The molecule has 4 rings (SSSR count). The maximum absolute atomic E-state index is 13.5. The Balaban J connectivity index is 1.61. The molecule has 2 unspecified atom stereocenters. The molecule has 0 bridgehead atoms. The molecule has 36 heavy (non-hydrogen) atoms. The predicted octanol–water partition coefficient (Wildman–Crippen LogP) is 5.99. The van der Waals surface area contributed by atoms with Crippen molar-refractivity contribution < 1.29 is 18.3 Å². The van der Waals surface area contributed by atoms with Crippen LogP contribution in [0.4, 0.5) is 8.78 Å². The van der Waals surface area contributed by atoms with E-state index in [2.05, 4.69) is 24.8 Å². The lowest BCUT2D eigenvalue weighted by molar-refractivity contribution is 0.0703. The predicted molar refractivity (Wildman–Crippen MR) is 138 cm³/mol. The van der Waals surface area contributed by atoms with Crippen LogP contribution < -0.4 is 4.74 Å². The quantitative estimate of drug-likeness (QED) is 0.368. The molecule has 3 aromatic carbocycles. The molecule has 1 aliphatic heterocycles. The van der Waals surface area contributed by atoms with Crippen molar-refractivity contribution in [1.82, 2.24) is 9.80 Å². The van der Waals surface area contributed by atoms with E-state index in [4.69, 9.17) is 4.74 Å². The van der Waals surface area contributed by atoms with E-state index in [0.29, 0.717) is 25.2 Å². The van der Waals surface area contributed by atoms with Crippen molar-refractivity contribution in [1.29, 1.82) is 0 Å². The molecule has 0 radical (unpaired) electrons. The van der Waals surface area contributed by atoms with E-state index in [9.17, 15) is 13.6 Å². The van der Waals surface area contributed by atoms with E-state index in [0.717, 1.165) is 30.0 Å². The van der Waals surface area contributed by atoms with Gasteiger partial charge in [-0.3, -0.25) is 9.69 Å². The van der Waals surface area contributed by atoms with Gasteiger partial charge in [-0.25, -0.2) is 8.78 Å². The first-order valence-corrected chi connectivity index (χ1v) is 12.5. The van der Waals surface area contributed by atoms with Crippen molar-refractivity contribution >= 4 is 5.91 Å². The van der Waals surface area contributed by atoms with Gasteiger partial charge in [0.25, 0.3) is 5.91 Å². The second-order valence-corrected chi connectivity index (χ2v) is 10.0. The summed E-state index contributed by atoms with van der Waals surface area (Å²) in [6, 6.07) is 20.5. The van der Waals surface area contributed by atoms with Gasteiger partial charge in [-0.15, -0.1) is 0 Å². The zero-order valence-corrected chi connectivity index (χ0v) is 21.2. The first-order chi connectivity index (χ1) is 17.3. The van der Waals surface area contributed by atoms with Gasteiger partial charge in [0.1, 0.15) is 17.4 Å². The number of amides is 1. The third-order valence-electron chi connectivity index (χ3n) is 6.79. The summed E-state index contributed by atoms with van der Waals surface area (Å²) in [5.74, 6) is 0.785. The van der Waals surface area contributed by atoms with Gasteiger partial charge in [0.15, 0.2) is 0 Å². The Morgan fingerprint density at radius 3 is 2.25 bits per heavy atom. The van der Waals surface area contributed by atoms with Crippen molar-refractivity contribution in [3.8, 4) is 5.75 Å². The maximum Gasteiger partial charge on any atom is 0.253 e. The average molecular weight is 493 g/mol. The molecule has 1 fully saturated rings. The lowest BCUT2D eigenvalue weighted by Crippen LogP contribution is -2.39. The molecule has 0 aliphatic carbocycles. The van der Waals surface area contributed by atoms with E-state index in [1.165, 1.54) is 24.3 Å². The topological polar surface area (TPSA) is 32.8 Å². The monoisotopic (exact) mass is 492 g/mol. The summed E-state index contributed by atoms with van der Waals surface area (Å²) in [4.78, 5) is 17.8. The highest BCUT2D eigenvalue weighted by Gasteiger charge is 2.37. The smallest absolute Gasteiger partial charge is 0.253 e. The third-order valence-corrected chi connectivity index (χ3v) is 6.79. The normalized spacial score (nSPS) is 17.9. The summed E-state index contributed by atoms with van der Waals surface area (Å²) in [7, 11) is 1.68. The Bertz CT molecular complexity index is 1150. The van der Waals surface area contributed by atoms with E-state index in [1.807, 2.05) is 35.2 Å².